The number of amides is 1. The average Bonchev–Trinajstić information content (AvgIpc) is 2.51. The Hall–Kier alpha value is -2.69. The van der Waals surface area contributed by atoms with Crippen molar-refractivity contribution in [2.24, 2.45) is 0 Å². The molecule has 0 spiro atoms. The molecule has 5 heteroatoms. The van der Waals surface area contributed by atoms with Crippen LogP contribution in [0.4, 0.5) is 0 Å². The van der Waals surface area contributed by atoms with Gasteiger partial charge in [0.05, 0.1) is 12.1 Å². The first-order valence-corrected chi connectivity index (χ1v) is 7.79. The summed E-state index contributed by atoms with van der Waals surface area (Å²) in [6.45, 7) is 7.65. The molecule has 0 aliphatic heterocycles. The van der Waals surface area contributed by atoms with Crippen LogP contribution in [0, 0.1) is 20.8 Å². The number of hydrogen-bond donors (Lipinski definition) is 1. The number of carbonyl (C=O) groups excluding carboxylic acids is 2. The predicted octanol–water partition coefficient (Wildman–Crippen LogP) is 2.38. The minimum absolute atomic E-state index is 0.0118. The Morgan fingerprint density at radius 2 is 1.79 bits per heavy atom. The van der Waals surface area contributed by atoms with Gasteiger partial charge in [-0.15, -0.1) is 0 Å². The molecule has 0 unspecified atom stereocenters. The first-order chi connectivity index (χ1) is 11.3. The van der Waals surface area contributed by atoms with E-state index < -0.39 is 0 Å². The number of ketones is 1. The van der Waals surface area contributed by atoms with Gasteiger partial charge in [0.25, 0.3) is 11.5 Å². The molecule has 5 nitrogen and oxygen atoms in total. The standard InChI is InChI=1S/C19H22N2O3/c1-11-8-12(2)18(14(4)22)13(3)16(11)10-21-9-15(19(24)20-5)6-7-17(21)23/h6-9H,10H2,1-5H3,(H,20,24). The van der Waals surface area contributed by atoms with Crippen LogP contribution in [0.15, 0.2) is 29.2 Å². The zero-order chi connectivity index (χ0) is 18.0. The van der Waals surface area contributed by atoms with Crippen molar-refractivity contribution in [1.82, 2.24) is 9.88 Å². The summed E-state index contributed by atoms with van der Waals surface area (Å²) in [5.41, 5.74) is 4.71. The Morgan fingerprint density at radius 3 is 2.38 bits per heavy atom. The van der Waals surface area contributed by atoms with Crippen LogP contribution >= 0.6 is 0 Å². The average molecular weight is 326 g/mol. The number of Topliss-reactive ketones (excluding diaryl/α,β-unsaturated/α-hetero) is 1. The molecule has 0 saturated carbocycles. The second-order valence-corrected chi connectivity index (χ2v) is 6.01. The first kappa shape index (κ1) is 17.7. The maximum absolute atomic E-state index is 12.2. The summed E-state index contributed by atoms with van der Waals surface area (Å²) < 4.78 is 1.50. The van der Waals surface area contributed by atoms with Gasteiger partial charge >= 0.3 is 0 Å². The molecule has 0 aliphatic carbocycles. The Balaban J connectivity index is 2.56. The van der Waals surface area contributed by atoms with E-state index in [4.69, 9.17) is 0 Å². The molecule has 1 N–H and O–H groups in total. The SMILES string of the molecule is CNC(=O)c1ccc(=O)n(Cc2c(C)cc(C)c(C(C)=O)c2C)c1. The third-order valence-corrected chi connectivity index (χ3v) is 4.28. The van der Waals surface area contributed by atoms with E-state index >= 15 is 0 Å². The van der Waals surface area contributed by atoms with Crippen molar-refractivity contribution in [2.75, 3.05) is 7.05 Å². The fourth-order valence-electron chi connectivity index (χ4n) is 3.12. The Labute approximate surface area is 141 Å². The van der Waals surface area contributed by atoms with Crippen LogP contribution in [-0.2, 0) is 6.54 Å². The normalized spacial score (nSPS) is 10.5. The van der Waals surface area contributed by atoms with E-state index in [0.29, 0.717) is 17.7 Å². The van der Waals surface area contributed by atoms with Crippen molar-refractivity contribution in [1.29, 1.82) is 0 Å². The van der Waals surface area contributed by atoms with Crippen LogP contribution in [0.2, 0.25) is 0 Å². The molecule has 0 saturated heterocycles. The van der Waals surface area contributed by atoms with Gasteiger partial charge in [0.2, 0.25) is 0 Å². The molecule has 1 aromatic carbocycles. The molecule has 1 aromatic heterocycles. The topological polar surface area (TPSA) is 68.2 Å². The van der Waals surface area contributed by atoms with Gasteiger partial charge in [0.15, 0.2) is 5.78 Å². The summed E-state index contributed by atoms with van der Waals surface area (Å²) in [5.74, 6) is -0.233. The molecule has 0 radical (unpaired) electrons. The number of nitrogens with one attached hydrogen (secondary N) is 1. The van der Waals surface area contributed by atoms with Gasteiger partial charge in [-0.2, -0.15) is 0 Å². The van der Waals surface area contributed by atoms with Gasteiger partial charge in [-0.1, -0.05) is 6.07 Å². The molecule has 0 aliphatic rings. The zero-order valence-corrected chi connectivity index (χ0v) is 14.7. The van der Waals surface area contributed by atoms with Gasteiger partial charge in [0.1, 0.15) is 0 Å². The maximum Gasteiger partial charge on any atom is 0.252 e. The van der Waals surface area contributed by atoms with E-state index in [-0.39, 0.29) is 17.2 Å². The lowest BCUT2D eigenvalue weighted by molar-refractivity contribution is 0.0961. The summed E-state index contributed by atoms with van der Waals surface area (Å²) in [6, 6.07) is 4.86. The number of rotatable bonds is 4. The number of hydrogen-bond acceptors (Lipinski definition) is 3. The first-order valence-electron chi connectivity index (χ1n) is 7.79. The summed E-state index contributed by atoms with van der Waals surface area (Å²) >= 11 is 0. The molecule has 1 amide bonds. The van der Waals surface area contributed by atoms with Gasteiger partial charge in [-0.25, -0.2) is 0 Å². The Morgan fingerprint density at radius 1 is 1.12 bits per heavy atom. The van der Waals surface area contributed by atoms with E-state index in [1.807, 2.05) is 26.8 Å². The minimum Gasteiger partial charge on any atom is -0.355 e. The van der Waals surface area contributed by atoms with Crippen LogP contribution in [-0.4, -0.2) is 23.3 Å². The van der Waals surface area contributed by atoms with E-state index in [2.05, 4.69) is 5.32 Å². The second-order valence-electron chi connectivity index (χ2n) is 6.01. The highest BCUT2D eigenvalue weighted by Crippen LogP contribution is 2.23. The molecular weight excluding hydrogens is 304 g/mol. The summed E-state index contributed by atoms with van der Waals surface area (Å²) in [4.78, 5) is 35.9. The van der Waals surface area contributed by atoms with Gasteiger partial charge in [0, 0.05) is 24.9 Å². The maximum atomic E-state index is 12.2. The van der Waals surface area contributed by atoms with Gasteiger partial charge < -0.3 is 9.88 Å². The third kappa shape index (κ3) is 3.30. The largest absolute Gasteiger partial charge is 0.355 e. The highest BCUT2D eigenvalue weighted by atomic mass is 16.2. The molecule has 126 valence electrons. The molecule has 0 bridgehead atoms. The van der Waals surface area contributed by atoms with Crippen LogP contribution in [0.25, 0.3) is 0 Å². The molecular formula is C19H22N2O3. The molecule has 1 heterocycles. The lowest BCUT2D eigenvalue weighted by atomic mass is 9.91. The van der Waals surface area contributed by atoms with Crippen LogP contribution in [0.3, 0.4) is 0 Å². The predicted molar refractivity (Wildman–Crippen MR) is 93.9 cm³/mol. The number of benzene rings is 1. The van der Waals surface area contributed by atoms with E-state index in [0.717, 1.165) is 22.3 Å². The number of carbonyl (C=O) groups is 2. The van der Waals surface area contributed by atoms with E-state index in [1.165, 1.54) is 16.7 Å². The summed E-state index contributed by atoms with van der Waals surface area (Å²) in [5, 5.41) is 2.55. The fourth-order valence-corrected chi connectivity index (χ4v) is 3.12. The third-order valence-electron chi connectivity index (χ3n) is 4.28. The molecule has 24 heavy (non-hydrogen) atoms. The second kappa shape index (κ2) is 6.83. The molecule has 2 rings (SSSR count). The monoisotopic (exact) mass is 326 g/mol. The lowest BCUT2D eigenvalue weighted by Crippen LogP contribution is -2.25. The number of nitrogens with zero attached hydrogens (tertiary/aromatic N) is 1. The zero-order valence-electron chi connectivity index (χ0n) is 14.7. The van der Waals surface area contributed by atoms with Crippen molar-refractivity contribution in [3.63, 3.8) is 0 Å². The fraction of sp³-hybridized carbons (Fsp3) is 0.316. The van der Waals surface area contributed by atoms with E-state index in [1.54, 1.807) is 20.2 Å². The Bertz CT molecular complexity index is 879. The summed E-state index contributed by atoms with van der Waals surface area (Å²) in [7, 11) is 1.55. The summed E-state index contributed by atoms with van der Waals surface area (Å²) in [6.07, 6.45) is 1.55. The van der Waals surface area contributed by atoms with Crippen LogP contribution < -0.4 is 10.9 Å². The number of pyridine rings is 1. The number of aryl methyl sites for hydroxylation is 2. The van der Waals surface area contributed by atoms with E-state index in [9.17, 15) is 14.4 Å². The minimum atomic E-state index is -0.245. The van der Waals surface area contributed by atoms with Crippen molar-refractivity contribution in [2.45, 2.75) is 34.2 Å². The van der Waals surface area contributed by atoms with Crippen molar-refractivity contribution >= 4 is 11.7 Å². The Kier molecular flexibility index (Phi) is 5.02. The van der Waals surface area contributed by atoms with Crippen LogP contribution in [0.5, 0.6) is 0 Å². The lowest BCUT2D eigenvalue weighted by Gasteiger charge is -2.17. The molecule has 2 aromatic rings. The molecule has 0 atom stereocenters. The van der Waals surface area contributed by atoms with Crippen molar-refractivity contribution in [3.05, 3.63) is 68.1 Å². The smallest absolute Gasteiger partial charge is 0.252 e. The highest BCUT2D eigenvalue weighted by Gasteiger charge is 2.15. The van der Waals surface area contributed by atoms with Gasteiger partial charge in [-0.3, -0.25) is 14.4 Å². The number of aromatic nitrogens is 1. The van der Waals surface area contributed by atoms with Gasteiger partial charge in [-0.05, 0) is 56.0 Å². The van der Waals surface area contributed by atoms with Crippen molar-refractivity contribution < 1.29 is 9.59 Å². The highest BCUT2D eigenvalue weighted by molar-refractivity contribution is 5.97. The quantitative estimate of drug-likeness (QED) is 0.877. The van der Waals surface area contributed by atoms with Crippen molar-refractivity contribution in [3.8, 4) is 0 Å². The molecule has 0 fully saturated rings. The van der Waals surface area contributed by atoms with Crippen LogP contribution in [0.1, 0.15) is 49.9 Å².